The van der Waals surface area contributed by atoms with Gasteiger partial charge in [-0.2, -0.15) is 0 Å². The summed E-state index contributed by atoms with van der Waals surface area (Å²) in [5, 5.41) is 5.06. The van der Waals surface area contributed by atoms with Crippen LogP contribution in [0.3, 0.4) is 0 Å². The van der Waals surface area contributed by atoms with Gasteiger partial charge in [-0.05, 0) is 139 Å². The van der Waals surface area contributed by atoms with Crippen molar-refractivity contribution in [2.75, 3.05) is 0 Å². The van der Waals surface area contributed by atoms with Gasteiger partial charge in [-0.3, -0.25) is 4.98 Å². The molecule has 1 unspecified atom stereocenters. The molecule has 2 aliphatic rings. The fourth-order valence-corrected chi connectivity index (χ4v) is 11.9. The van der Waals surface area contributed by atoms with Crippen LogP contribution in [0.4, 0.5) is 0 Å². The molecule has 0 bridgehead atoms. The zero-order chi connectivity index (χ0) is 49.4. The maximum Gasteiger partial charge on any atom is 0.165 e. The molecule has 0 aliphatic heterocycles. The highest BCUT2D eigenvalue weighted by molar-refractivity contribution is 6.09. The van der Waals surface area contributed by atoms with Gasteiger partial charge < -0.3 is 13.7 Å². The third-order valence-corrected chi connectivity index (χ3v) is 15.4. The molecule has 15 rings (SSSR count). The summed E-state index contributed by atoms with van der Waals surface area (Å²) in [5.41, 5.74) is 19.8. The molecule has 75 heavy (non-hydrogen) atoms. The molecular weight excluding hydrogens is 915 g/mol. The standard InChI is InChI=1S/C68H47N7/c1-4-16-44(17-5-1)66-70-67(72-68(71-66)50-19-15-37-69-43-50)49-18-14-24-53(38-49)75-64-35-31-47(45-29-33-62-56(39-45)54-25-10-12-27-60(54)73(62)51-20-6-2-7-21-51)41-58(64)59-42-48(32-36-65(59)75)46-30-34-63-57(40-46)55-26-11-13-28-61(55)74(63)52-22-8-3-9-23-52/h1-12,14-27,29-40,42-43,47H,13,28,41H2. The lowest BCUT2D eigenvalue weighted by molar-refractivity contribution is 0.826. The molecule has 8 aromatic carbocycles. The fraction of sp³-hybridized carbons (Fsp3) is 0.0588. The minimum Gasteiger partial charge on any atom is -0.313 e. The first kappa shape index (κ1) is 42.9. The zero-order valence-corrected chi connectivity index (χ0v) is 40.9. The van der Waals surface area contributed by atoms with Crippen LogP contribution in [0.1, 0.15) is 40.4 Å². The number of para-hydroxylation sites is 3. The van der Waals surface area contributed by atoms with Crippen molar-refractivity contribution in [3.05, 3.63) is 259 Å². The van der Waals surface area contributed by atoms with E-state index in [1.54, 1.807) is 12.4 Å². The van der Waals surface area contributed by atoms with Crippen LogP contribution in [0.15, 0.2) is 231 Å². The Morgan fingerprint density at radius 3 is 1.80 bits per heavy atom. The summed E-state index contributed by atoms with van der Waals surface area (Å²) in [6, 6.07) is 74.2. The van der Waals surface area contributed by atoms with Crippen molar-refractivity contribution in [3.63, 3.8) is 0 Å². The number of fused-ring (bicyclic) bond motifs is 9. The predicted molar refractivity (Wildman–Crippen MR) is 307 cm³/mol. The number of hydrogen-bond donors (Lipinski definition) is 0. The van der Waals surface area contributed by atoms with E-state index in [-0.39, 0.29) is 5.92 Å². The Labute approximate surface area is 433 Å². The molecule has 0 fully saturated rings. The number of nitrogens with zero attached hydrogens (tertiary/aromatic N) is 7. The lowest BCUT2D eigenvalue weighted by Crippen LogP contribution is -2.07. The van der Waals surface area contributed by atoms with E-state index in [0.717, 1.165) is 52.8 Å². The third kappa shape index (κ3) is 7.19. The lowest BCUT2D eigenvalue weighted by Gasteiger charge is -2.20. The molecule has 0 saturated heterocycles. The second kappa shape index (κ2) is 17.5. The van der Waals surface area contributed by atoms with Crippen LogP contribution >= 0.6 is 0 Å². The van der Waals surface area contributed by atoms with Crippen molar-refractivity contribution in [2.24, 2.45) is 0 Å². The van der Waals surface area contributed by atoms with Crippen LogP contribution in [0.25, 0.3) is 118 Å². The average Bonchev–Trinajstić information content (AvgIpc) is 4.13. The SMILES string of the molecule is C1=Cc2c(n(-c3ccccc3)c3ccc(-c4ccc5c(c4)c4c(n5-c5cccc(-c6nc(-c7ccccc7)nc(-c7cccnc7)n6)c5)C=CC(c5ccc6c(c5)c5ccccc5n6-c5ccccc5)C4)cc23)CC1. The van der Waals surface area contributed by atoms with Crippen LogP contribution < -0.4 is 0 Å². The molecule has 0 saturated carbocycles. The molecule has 0 radical (unpaired) electrons. The van der Waals surface area contributed by atoms with Gasteiger partial charge in [-0.1, -0.05) is 133 Å². The van der Waals surface area contributed by atoms with Crippen molar-refractivity contribution in [3.8, 4) is 62.4 Å². The van der Waals surface area contributed by atoms with Crippen LogP contribution in [0.5, 0.6) is 0 Å². The molecule has 0 amide bonds. The fourth-order valence-electron chi connectivity index (χ4n) is 11.9. The van der Waals surface area contributed by atoms with Gasteiger partial charge in [0.15, 0.2) is 17.5 Å². The minimum absolute atomic E-state index is 0.162. The molecule has 5 heterocycles. The van der Waals surface area contributed by atoms with Crippen molar-refractivity contribution >= 4 is 55.8 Å². The van der Waals surface area contributed by atoms with Crippen LogP contribution in [0.2, 0.25) is 0 Å². The molecule has 0 N–H and O–H groups in total. The first-order valence-electron chi connectivity index (χ1n) is 25.8. The molecule has 5 aromatic heterocycles. The Hall–Kier alpha value is -9.72. The van der Waals surface area contributed by atoms with Gasteiger partial charge in [0.2, 0.25) is 0 Å². The lowest BCUT2D eigenvalue weighted by atomic mass is 9.86. The van der Waals surface area contributed by atoms with Crippen LogP contribution in [-0.4, -0.2) is 33.6 Å². The molecule has 354 valence electrons. The molecule has 2 aliphatic carbocycles. The van der Waals surface area contributed by atoms with E-state index in [2.05, 4.69) is 207 Å². The Morgan fingerprint density at radius 2 is 1.03 bits per heavy atom. The summed E-state index contributed by atoms with van der Waals surface area (Å²) in [4.78, 5) is 19.6. The van der Waals surface area contributed by atoms with E-state index in [0.29, 0.717) is 17.5 Å². The van der Waals surface area contributed by atoms with Gasteiger partial charge in [-0.25, -0.2) is 15.0 Å². The van der Waals surface area contributed by atoms with E-state index < -0.39 is 0 Å². The first-order valence-corrected chi connectivity index (χ1v) is 25.8. The topological polar surface area (TPSA) is 66.3 Å². The predicted octanol–water partition coefficient (Wildman–Crippen LogP) is 16.2. The van der Waals surface area contributed by atoms with Gasteiger partial charge in [-0.15, -0.1) is 0 Å². The van der Waals surface area contributed by atoms with Crippen molar-refractivity contribution in [2.45, 2.75) is 25.2 Å². The maximum atomic E-state index is 5.11. The zero-order valence-electron chi connectivity index (χ0n) is 40.9. The Kier molecular flexibility index (Phi) is 10.0. The molecule has 1 atom stereocenters. The van der Waals surface area contributed by atoms with E-state index in [4.69, 9.17) is 15.0 Å². The largest absolute Gasteiger partial charge is 0.313 e. The number of hydrogen-bond acceptors (Lipinski definition) is 4. The maximum absolute atomic E-state index is 5.11. The number of pyridine rings is 1. The minimum atomic E-state index is 0.162. The number of benzene rings is 8. The second-order valence-corrected chi connectivity index (χ2v) is 19.7. The van der Waals surface area contributed by atoms with Gasteiger partial charge in [0.1, 0.15) is 0 Å². The van der Waals surface area contributed by atoms with Gasteiger partial charge in [0, 0.05) is 90.6 Å². The summed E-state index contributed by atoms with van der Waals surface area (Å²) < 4.78 is 7.30. The van der Waals surface area contributed by atoms with E-state index in [1.165, 1.54) is 83.0 Å². The smallest absolute Gasteiger partial charge is 0.165 e. The van der Waals surface area contributed by atoms with Gasteiger partial charge in [0.25, 0.3) is 0 Å². The summed E-state index contributed by atoms with van der Waals surface area (Å²) >= 11 is 0. The molecular formula is C68H47N7. The summed E-state index contributed by atoms with van der Waals surface area (Å²) in [7, 11) is 0. The third-order valence-electron chi connectivity index (χ3n) is 15.4. The van der Waals surface area contributed by atoms with Crippen molar-refractivity contribution in [1.29, 1.82) is 0 Å². The van der Waals surface area contributed by atoms with E-state index in [1.807, 2.05) is 42.5 Å². The van der Waals surface area contributed by atoms with Crippen molar-refractivity contribution < 1.29 is 0 Å². The van der Waals surface area contributed by atoms with Crippen molar-refractivity contribution in [1.82, 2.24) is 33.6 Å². The Bertz CT molecular complexity index is 4370. The highest BCUT2D eigenvalue weighted by atomic mass is 15.0. The summed E-state index contributed by atoms with van der Waals surface area (Å²) in [5.74, 6) is 1.96. The number of aromatic nitrogens is 7. The molecule has 13 aromatic rings. The molecule has 0 spiro atoms. The second-order valence-electron chi connectivity index (χ2n) is 19.7. The highest BCUT2D eigenvalue weighted by Gasteiger charge is 2.27. The monoisotopic (exact) mass is 961 g/mol. The first-order chi connectivity index (χ1) is 37.2. The number of allylic oxidation sites excluding steroid dienone is 2. The molecule has 7 nitrogen and oxygen atoms in total. The van der Waals surface area contributed by atoms with Crippen LogP contribution in [-0.2, 0) is 12.8 Å². The summed E-state index contributed by atoms with van der Waals surface area (Å²) in [6.45, 7) is 0. The van der Waals surface area contributed by atoms with E-state index in [9.17, 15) is 0 Å². The molecule has 7 heteroatoms. The van der Waals surface area contributed by atoms with Gasteiger partial charge in [0.05, 0.1) is 22.1 Å². The van der Waals surface area contributed by atoms with E-state index >= 15 is 0 Å². The Balaban J connectivity index is 0.889. The Morgan fingerprint density at radius 1 is 0.413 bits per heavy atom. The van der Waals surface area contributed by atoms with Gasteiger partial charge >= 0.3 is 0 Å². The number of rotatable bonds is 8. The normalized spacial score (nSPS) is 14.0. The summed E-state index contributed by atoms with van der Waals surface area (Å²) in [6.07, 6.45) is 15.9. The van der Waals surface area contributed by atoms with Crippen LogP contribution in [0, 0.1) is 0 Å². The highest BCUT2D eigenvalue weighted by Crippen LogP contribution is 2.43. The quantitative estimate of drug-likeness (QED) is 0.152. The average molecular weight is 962 g/mol.